The second-order valence-electron chi connectivity index (χ2n) is 5.83. The number of nitrogens with zero attached hydrogens (tertiary/aromatic N) is 3. The van der Waals surface area contributed by atoms with Crippen LogP contribution >= 0.6 is 0 Å². The number of benzene rings is 1. The molecule has 0 saturated carbocycles. The molecule has 1 aromatic heterocycles. The fourth-order valence-electron chi connectivity index (χ4n) is 2.53. The second kappa shape index (κ2) is 9.11. The number of aryl methyl sites for hydroxylation is 1. The SMILES string of the molecule is CCNC(=NCc1ccc(OCC)c(F)c1)N(C)Cc1cccn1C. The Bertz CT molecular complexity index is 711. The summed E-state index contributed by atoms with van der Waals surface area (Å²) >= 11 is 0. The average molecular weight is 346 g/mol. The van der Waals surface area contributed by atoms with Gasteiger partial charge in [-0.1, -0.05) is 6.07 Å². The lowest BCUT2D eigenvalue weighted by atomic mass is 10.2. The van der Waals surface area contributed by atoms with E-state index in [1.807, 2.05) is 46.3 Å². The number of guanidine groups is 1. The Morgan fingerprint density at radius 3 is 2.72 bits per heavy atom. The van der Waals surface area contributed by atoms with Crippen molar-refractivity contribution in [1.82, 2.24) is 14.8 Å². The maximum Gasteiger partial charge on any atom is 0.194 e. The highest BCUT2D eigenvalue weighted by Gasteiger charge is 2.09. The monoisotopic (exact) mass is 346 g/mol. The lowest BCUT2D eigenvalue weighted by molar-refractivity contribution is 0.321. The summed E-state index contributed by atoms with van der Waals surface area (Å²) in [5.41, 5.74) is 2.00. The van der Waals surface area contributed by atoms with Crippen molar-refractivity contribution < 1.29 is 9.13 Å². The summed E-state index contributed by atoms with van der Waals surface area (Å²) in [6.07, 6.45) is 2.02. The fourth-order valence-corrected chi connectivity index (χ4v) is 2.53. The molecule has 1 heterocycles. The predicted octanol–water partition coefficient (Wildman–Crippen LogP) is 3.16. The Labute approximate surface area is 149 Å². The van der Waals surface area contributed by atoms with Crippen LogP contribution in [0.2, 0.25) is 0 Å². The molecule has 0 amide bonds. The number of ether oxygens (including phenoxy) is 1. The fraction of sp³-hybridized carbons (Fsp3) is 0.421. The smallest absolute Gasteiger partial charge is 0.194 e. The van der Waals surface area contributed by atoms with Gasteiger partial charge in [-0.25, -0.2) is 9.38 Å². The van der Waals surface area contributed by atoms with Crippen LogP contribution in [0.4, 0.5) is 4.39 Å². The van der Waals surface area contributed by atoms with Crippen molar-refractivity contribution in [3.05, 3.63) is 53.6 Å². The number of halogens is 1. The third kappa shape index (κ3) is 5.24. The zero-order valence-electron chi connectivity index (χ0n) is 15.4. The molecule has 0 atom stereocenters. The molecule has 136 valence electrons. The molecule has 0 unspecified atom stereocenters. The van der Waals surface area contributed by atoms with Crippen LogP contribution in [0, 0.1) is 5.82 Å². The summed E-state index contributed by atoms with van der Waals surface area (Å²) in [5, 5.41) is 3.28. The van der Waals surface area contributed by atoms with Gasteiger partial charge in [-0.3, -0.25) is 0 Å². The van der Waals surface area contributed by atoms with Crippen molar-refractivity contribution in [3.63, 3.8) is 0 Å². The van der Waals surface area contributed by atoms with E-state index in [1.54, 1.807) is 6.07 Å². The van der Waals surface area contributed by atoms with Crippen LogP contribution < -0.4 is 10.1 Å². The molecule has 1 aromatic carbocycles. The van der Waals surface area contributed by atoms with Crippen LogP contribution in [-0.2, 0) is 20.1 Å². The van der Waals surface area contributed by atoms with Crippen LogP contribution in [0.1, 0.15) is 25.1 Å². The first kappa shape index (κ1) is 18.8. The van der Waals surface area contributed by atoms with E-state index >= 15 is 0 Å². The Balaban J connectivity index is 2.08. The van der Waals surface area contributed by atoms with Crippen molar-refractivity contribution in [3.8, 4) is 5.75 Å². The normalized spacial score (nSPS) is 11.5. The summed E-state index contributed by atoms with van der Waals surface area (Å²) in [6, 6.07) is 9.09. The van der Waals surface area contributed by atoms with Crippen molar-refractivity contribution in [2.24, 2.45) is 12.0 Å². The zero-order valence-corrected chi connectivity index (χ0v) is 15.4. The van der Waals surface area contributed by atoms with Crippen LogP contribution in [0.5, 0.6) is 5.75 Å². The summed E-state index contributed by atoms with van der Waals surface area (Å²) in [7, 11) is 4.02. The van der Waals surface area contributed by atoms with E-state index in [-0.39, 0.29) is 11.6 Å². The van der Waals surface area contributed by atoms with Gasteiger partial charge in [0.25, 0.3) is 0 Å². The molecule has 2 rings (SSSR count). The second-order valence-corrected chi connectivity index (χ2v) is 5.83. The van der Waals surface area contributed by atoms with Gasteiger partial charge in [0.2, 0.25) is 0 Å². The Hall–Kier alpha value is -2.50. The lowest BCUT2D eigenvalue weighted by Crippen LogP contribution is -2.38. The van der Waals surface area contributed by atoms with Gasteiger partial charge in [-0.2, -0.15) is 0 Å². The molecule has 0 spiro atoms. The van der Waals surface area contributed by atoms with E-state index < -0.39 is 0 Å². The molecule has 1 N–H and O–H groups in total. The van der Waals surface area contributed by atoms with Crippen molar-refractivity contribution in [2.45, 2.75) is 26.9 Å². The van der Waals surface area contributed by atoms with Crippen molar-refractivity contribution >= 4 is 5.96 Å². The molecular weight excluding hydrogens is 319 g/mol. The first-order chi connectivity index (χ1) is 12.0. The van der Waals surface area contributed by atoms with Gasteiger partial charge >= 0.3 is 0 Å². The van der Waals surface area contributed by atoms with Crippen LogP contribution in [0.15, 0.2) is 41.5 Å². The van der Waals surface area contributed by atoms with Gasteiger partial charge in [-0.05, 0) is 43.7 Å². The summed E-state index contributed by atoms with van der Waals surface area (Å²) in [6.45, 7) is 6.23. The molecule has 0 aliphatic heterocycles. The minimum Gasteiger partial charge on any atom is -0.491 e. The summed E-state index contributed by atoms with van der Waals surface area (Å²) in [5.74, 6) is 0.720. The molecule has 0 saturated heterocycles. The zero-order chi connectivity index (χ0) is 18.2. The minimum absolute atomic E-state index is 0.281. The van der Waals surface area contributed by atoms with Gasteiger partial charge in [0, 0.05) is 32.5 Å². The largest absolute Gasteiger partial charge is 0.491 e. The lowest BCUT2D eigenvalue weighted by Gasteiger charge is -2.22. The average Bonchev–Trinajstić information content (AvgIpc) is 2.98. The standard InChI is InChI=1S/C19H27FN4O/c1-5-21-19(24(4)14-16-8-7-11-23(16)3)22-13-15-9-10-18(25-6-2)17(20)12-15/h7-12H,5-6,13-14H2,1-4H3,(H,21,22). The third-order valence-corrected chi connectivity index (χ3v) is 3.85. The number of aromatic nitrogens is 1. The number of hydrogen-bond acceptors (Lipinski definition) is 2. The van der Waals surface area contributed by atoms with Crippen LogP contribution in [0.25, 0.3) is 0 Å². The predicted molar refractivity (Wildman–Crippen MR) is 99.3 cm³/mol. The highest BCUT2D eigenvalue weighted by atomic mass is 19.1. The van der Waals surface area contributed by atoms with E-state index in [4.69, 9.17) is 4.74 Å². The maximum absolute atomic E-state index is 14.0. The van der Waals surface area contributed by atoms with Gasteiger partial charge in [0.15, 0.2) is 17.5 Å². The minimum atomic E-state index is -0.350. The molecule has 0 radical (unpaired) electrons. The molecule has 6 heteroatoms. The number of rotatable bonds is 7. The first-order valence-electron chi connectivity index (χ1n) is 8.56. The summed E-state index contributed by atoms with van der Waals surface area (Å²) < 4.78 is 21.3. The molecule has 2 aromatic rings. The van der Waals surface area contributed by atoms with Gasteiger partial charge < -0.3 is 19.5 Å². The van der Waals surface area contributed by atoms with E-state index in [2.05, 4.69) is 25.8 Å². The van der Waals surface area contributed by atoms with E-state index in [1.165, 1.54) is 11.8 Å². The highest BCUT2D eigenvalue weighted by Crippen LogP contribution is 2.18. The molecule has 0 fully saturated rings. The Kier molecular flexibility index (Phi) is 6.86. The van der Waals surface area contributed by atoms with Crippen molar-refractivity contribution in [2.75, 3.05) is 20.2 Å². The molecule has 0 bridgehead atoms. The Morgan fingerprint density at radius 1 is 1.32 bits per heavy atom. The first-order valence-corrected chi connectivity index (χ1v) is 8.56. The number of hydrogen-bond donors (Lipinski definition) is 1. The number of aliphatic imine (C=N–C) groups is 1. The highest BCUT2D eigenvalue weighted by molar-refractivity contribution is 5.79. The topological polar surface area (TPSA) is 41.8 Å². The van der Waals surface area contributed by atoms with Gasteiger partial charge in [0.05, 0.1) is 19.7 Å². The molecule has 25 heavy (non-hydrogen) atoms. The molecular formula is C19H27FN4O. The van der Waals surface area contributed by atoms with Gasteiger partial charge in [-0.15, -0.1) is 0 Å². The third-order valence-electron chi connectivity index (χ3n) is 3.85. The van der Waals surface area contributed by atoms with E-state index in [9.17, 15) is 4.39 Å². The summed E-state index contributed by atoms with van der Waals surface area (Å²) in [4.78, 5) is 6.68. The van der Waals surface area contributed by atoms with Crippen molar-refractivity contribution in [1.29, 1.82) is 0 Å². The number of nitrogens with one attached hydrogen (secondary N) is 1. The Morgan fingerprint density at radius 2 is 2.12 bits per heavy atom. The van der Waals surface area contributed by atoms with Gasteiger partial charge in [0.1, 0.15) is 0 Å². The van der Waals surface area contributed by atoms with Crippen LogP contribution in [0.3, 0.4) is 0 Å². The van der Waals surface area contributed by atoms with E-state index in [0.717, 1.165) is 24.6 Å². The van der Waals surface area contributed by atoms with E-state index in [0.29, 0.717) is 13.2 Å². The molecule has 0 aliphatic carbocycles. The molecule has 0 aliphatic rings. The van der Waals surface area contributed by atoms with Crippen LogP contribution in [-0.4, -0.2) is 35.6 Å². The maximum atomic E-state index is 14.0. The quantitative estimate of drug-likeness (QED) is 0.618. The molecule has 5 nitrogen and oxygen atoms in total.